The van der Waals surface area contributed by atoms with E-state index in [1.165, 1.54) is 0 Å². The van der Waals surface area contributed by atoms with Gasteiger partial charge in [-0.15, -0.1) is 0 Å². The Kier molecular flexibility index (Phi) is 3.21. The predicted molar refractivity (Wildman–Crippen MR) is 53.2 cm³/mol. The molecule has 0 radical (unpaired) electrons. The van der Waals surface area contributed by atoms with Gasteiger partial charge >= 0.3 is 0 Å². The van der Waals surface area contributed by atoms with Gasteiger partial charge in [0.2, 0.25) is 0 Å². The Labute approximate surface area is 86.6 Å². The fourth-order valence-electron chi connectivity index (χ4n) is 1.15. The third-order valence-corrected chi connectivity index (χ3v) is 1.90. The zero-order valence-electron chi connectivity index (χ0n) is 8.43. The number of nitrogens with one attached hydrogen (secondary N) is 1. The standard InChI is InChI=1S/C9H12N4O2/c1-14-2-3-15-6-8-10-4-7-5-11-13-9(7)12-8/h4-5H,2-3,6H2,1H3,(H,10,11,12,13). The molecule has 0 saturated carbocycles. The van der Waals surface area contributed by atoms with Crippen LogP contribution in [-0.4, -0.2) is 40.5 Å². The van der Waals surface area contributed by atoms with Gasteiger partial charge in [-0.05, 0) is 0 Å². The highest BCUT2D eigenvalue weighted by Gasteiger charge is 2.01. The maximum atomic E-state index is 5.30. The summed E-state index contributed by atoms with van der Waals surface area (Å²) in [4.78, 5) is 8.38. The average Bonchev–Trinajstić information content (AvgIpc) is 2.71. The van der Waals surface area contributed by atoms with Gasteiger partial charge in [-0.25, -0.2) is 9.97 Å². The summed E-state index contributed by atoms with van der Waals surface area (Å²) in [5.41, 5.74) is 0.732. The first-order valence-corrected chi connectivity index (χ1v) is 4.62. The zero-order chi connectivity index (χ0) is 10.5. The van der Waals surface area contributed by atoms with Crippen LogP contribution < -0.4 is 0 Å². The molecule has 0 amide bonds. The van der Waals surface area contributed by atoms with Crippen LogP contribution in [0, 0.1) is 0 Å². The molecule has 1 N–H and O–H groups in total. The molecule has 15 heavy (non-hydrogen) atoms. The van der Waals surface area contributed by atoms with Crippen molar-refractivity contribution in [2.45, 2.75) is 6.61 Å². The highest BCUT2D eigenvalue weighted by atomic mass is 16.5. The monoisotopic (exact) mass is 208 g/mol. The molecule has 0 aliphatic carbocycles. The lowest BCUT2D eigenvalue weighted by molar-refractivity contribution is 0.0587. The van der Waals surface area contributed by atoms with Crippen LogP contribution in [0.3, 0.4) is 0 Å². The minimum atomic E-state index is 0.387. The number of rotatable bonds is 5. The van der Waals surface area contributed by atoms with Gasteiger partial charge in [-0.2, -0.15) is 5.10 Å². The Balaban J connectivity index is 1.96. The smallest absolute Gasteiger partial charge is 0.158 e. The Hall–Kier alpha value is -1.53. The molecule has 0 aromatic carbocycles. The van der Waals surface area contributed by atoms with Crippen molar-refractivity contribution >= 4 is 11.0 Å². The minimum absolute atomic E-state index is 0.387. The number of ether oxygens (including phenoxy) is 2. The average molecular weight is 208 g/mol. The van der Waals surface area contributed by atoms with Gasteiger partial charge in [0, 0.05) is 13.3 Å². The first-order valence-electron chi connectivity index (χ1n) is 4.62. The van der Waals surface area contributed by atoms with E-state index in [4.69, 9.17) is 9.47 Å². The molecule has 6 heteroatoms. The van der Waals surface area contributed by atoms with E-state index in [-0.39, 0.29) is 0 Å². The van der Waals surface area contributed by atoms with Gasteiger partial charge in [-0.1, -0.05) is 0 Å². The van der Waals surface area contributed by atoms with Crippen LogP contribution >= 0.6 is 0 Å². The summed E-state index contributed by atoms with van der Waals surface area (Å²) >= 11 is 0. The maximum absolute atomic E-state index is 5.30. The zero-order valence-corrected chi connectivity index (χ0v) is 8.43. The minimum Gasteiger partial charge on any atom is -0.382 e. The van der Waals surface area contributed by atoms with Crippen molar-refractivity contribution in [3.63, 3.8) is 0 Å². The van der Waals surface area contributed by atoms with Gasteiger partial charge in [-0.3, -0.25) is 5.10 Å². The first kappa shape index (κ1) is 10.0. The van der Waals surface area contributed by atoms with Crippen molar-refractivity contribution in [2.24, 2.45) is 0 Å². The number of hydrogen-bond donors (Lipinski definition) is 1. The van der Waals surface area contributed by atoms with E-state index in [0.29, 0.717) is 25.6 Å². The lowest BCUT2D eigenvalue weighted by atomic mass is 10.4. The van der Waals surface area contributed by atoms with Gasteiger partial charge in [0.15, 0.2) is 11.5 Å². The summed E-state index contributed by atoms with van der Waals surface area (Å²) in [7, 11) is 1.64. The molecule has 0 aliphatic rings. The molecule has 2 heterocycles. The second kappa shape index (κ2) is 4.81. The molecule has 2 rings (SSSR count). The highest BCUT2D eigenvalue weighted by Crippen LogP contribution is 2.05. The number of aromatic nitrogens is 4. The molecule has 80 valence electrons. The van der Waals surface area contributed by atoms with Gasteiger partial charge in [0.1, 0.15) is 6.61 Å². The van der Waals surface area contributed by atoms with Gasteiger partial charge in [0.25, 0.3) is 0 Å². The molecule has 2 aromatic heterocycles. The summed E-state index contributed by atoms with van der Waals surface area (Å²) in [5, 5.41) is 7.54. The molecular formula is C9H12N4O2. The van der Waals surface area contributed by atoms with Crippen molar-refractivity contribution in [1.82, 2.24) is 20.2 Å². The number of aromatic amines is 1. The molecule has 0 saturated heterocycles. The predicted octanol–water partition coefficient (Wildman–Crippen LogP) is 0.516. The second-order valence-corrected chi connectivity index (χ2v) is 3.01. The molecule has 6 nitrogen and oxygen atoms in total. The molecule has 0 spiro atoms. The lowest BCUT2D eigenvalue weighted by Crippen LogP contribution is -2.04. The third kappa shape index (κ3) is 2.48. The molecule has 0 aliphatic heterocycles. The number of nitrogens with zero attached hydrogens (tertiary/aromatic N) is 3. The van der Waals surface area contributed by atoms with E-state index in [9.17, 15) is 0 Å². The van der Waals surface area contributed by atoms with Crippen LogP contribution in [0.1, 0.15) is 5.82 Å². The van der Waals surface area contributed by atoms with Crippen molar-refractivity contribution in [1.29, 1.82) is 0 Å². The summed E-state index contributed by atoms with van der Waals surface area (Å²) < 4.78 is 10.2. The van der Waals surface area contributed by atoms with Crippen LogP contribution in [0.25, 0.3) is 11.0 Å². The second-order valence-electron chi connectivity index (χ2n) is 3.01. The molecule has 0 bridgehead atoms. The van der Waals surface area contributed by atoms with Crippen LogP contribution in [0.2, 0.25) is 0 Å². The van der Waals surface area contributed by atoms with E-state index in [0.717, 1.165) is 11.0 Å². The van der Waals surface area contributed by atoms with Crippen LogP contribution in [0.15, 0.2) is 12.4 Å². The summed E-state index contributed by atoms with van der Waals surface area (Å²) in [6, 6.07) is 0. The van der Waals surface area contributed by atoms with E-state index in [2.05, 4.69) is 20.2 Å². The molecule has 2 aromatic rings. The third-order valence-electron chi connectivity index (χ3n) is 1.90. The lowest BCUT2D eigenvalue weighted by Gasteiger charge is -2.01. The Morgan fingerprint density at radius 3 is 3.13 bits per heavy atom. The summed E-state index contributed by atoms with van der Waals surface area (Å²) in [6.07, 6.45) is 3.41. The van der Waals surface area contributed by atoms with Gasteiger partial charge < -0.3 is 9.47 Å². The number of H-pyrrole nitrogens is 1. The summed E-state index contributed by atoms with van der Waals surface area (Å²) in [6.45, 7) is 1.51. The maximum Gasteiger partial charge on any atom is 0.158 e. The Morgan fingerprint density at radius 2 is 2.27 bits per heavy atom. The Bertz CT molecular complexity index is 429. The van der Waals surface area contributed by atoms with E-state index >= 15 is 0 Å². The Morgan fingerprint density at radius 1 is 1.33 bits per heavy atom. The molecule has 0 fully saturated rings. The fourth-order valence-corrected chi connectivity index (χ4v) is 1.15. The fraction of sp³-hybridized carbons (Fsp3) is 0.444. The SMILES string of the molecule is COCCOCc1ncc2cn[nH]c2n1. The van der Waals surface area contributed by atoms with Crippen molar-refractivity contribution in [2.75, 3.05) is 20.3 Å². The quantitative estimate of drug-likeness (QED) is 0.725. The first-order chi connectivity index (χ1) is 7.40. The largest absolute Gasteiger partial charge is 0.382 e. The highest BCUT2D eigenvalue weighted by molar-refractivity contribution is 5.72. The van der Waals surface area contributed by atoms with Crippen LogP contribution in [0.5, 0.6) is 0 Å². The van der Waals surface area contributed by atoms with E-state index in [1.54, 1.807) is 19.5 Å². The number of fused-ring (bicyclic) bond motifs is 1. The summed E-state index contributed by atoms with van der Waals surface area (Å²) in [5.74, 6) is 0.642. The number of hydrogen-bond acceptors (Lipinski definition) is 5. The number of methoxy groups -OCH3 is 1. The molecule has 0 unspecified atom stereocenters. The van der Waals surface area contributed by atoms with E-state index in [1.807, 2.05) is 0 Å². The van der Waals surface area contributed by atoms with E-state index < -0.39 is 0 Å². The van der Waals surface area contributed by atoms with Gasteiger partial charge in [0.05, 0.1) is 24.8 Å². The molecule has 0 atom stereocenters. The van der Waals surface area contributed by atoms with Crippen molar-refractivity contribution in [3.05, 3.63) is 18.2 Å². The normalized spacial score (nSPS) is 11.0. The van der Waals surface area contributed by atoms with Crippen molar-refractivity contribution in [3.8, 4) is 0 Å². The van der Waals surface area contributed by atoms with Crippen LogP contribution in [-0.2, 0) is 16.1 Å². The molecular weight excluding hydrogens is 196 g/mol. The van der Waals surface area contributed by atoms with Crippen molar-refractivity contribution < 1.29 is 9.47 Å². The topological polar surface area (TPSA) is 72.9 Å². The van der Waals surface area contributed by atoms with Crippen LogP contribution in [0.4, 0.5) is 0 Å².